The smallest absolute Gasteiger partial charge is 0.0467 e. The molecule has 0 unspecified atom stereocenters. The molecule has 0 heteroatoms. The first kappa shape index (κ1) is 4.48. The molecule has 28 valence electrons. The molecule has 0 fully saturated rings. The second kappa shape index (κ2) is 3.48. The topological polar surface area (TPSA) is 0 Å². The number of hydrogen-bond donors (Lipinski definition) is 0. The highest BCUT2D eigenvalue weighted by Crippen LogP contribution is 1.64. The Balaban J connectivity index is 2.92. The zero-order chi connectivity index (χ0) is 4.12. The van der Waals surface area contributed by atoms with Crippen molar-refractivity contribution in [2.75, 3.05) is 0 Å². The lowest BCUT2D eigenvalue weighted by molar-refractivity contribution is 1.74. The third-order valence-corrected chi connectivity index (χ3v) is 0.329. The molecule has 0 aromatic rings. The van der Waals surface area contributed by atoms with Crippen molar-refractivity contribution >= 4 is 0 Å². The summed E-state index contributed by atoms with van der Waals surface area (Å²) < 4.78 is 0. The molecule has 0 saturated heterocycles. The first-order valence-corrected chi connectivity index (χ1v) is 1.65. The van der Waals surface area contributed by atoms with E-state index in [0.29, 0.717) is 0 Å². The van der Waals surface area contributed by atoms with Gasteiger partial charge in [0.2, 0.25) is 0 Å². The van der Waals surface area contributed by atoms with Crippen LogP contribution in [0.4, 0.5) is 0 Å². The van der Waals surface area contributed by atoms with Gasteiger partial charge in [-0.05, 0) is 6.92 Å². The Hall–Kier alpha value is -0.520. The summed E-state index contributed by atoms with van der Waals surface area (Å²) in [5, 5.41) is 0. The van der Waals surface area contributed by atoms with Gasteiger partial charge in [-0.2, -0.15) is 0 Å². The van der Waals surface area contributed by atoms with Gasteiger partial charge in [-0.15, -0.1) is 0 Å². The number of rotatable bonds is 1. The van der Waals surface area contributed by atoms with Gasteiger partial charge in [-0.3, -0.25) is 0 Å². The van der Waals surface area contributed by atoms with Crippen molar-refractivity contribution in [3.8, 4) is 0 Å². The molecule has 5 heavy (non-hydrogen) atoms. The van der Waals surface area contributed by atoms with Gasteiger partial charge in [-0.25, -0.2) is 0 Å². The Kier molecular flexibility index (Phi) is 3.12. The molecular formula is C5H8. The minimum atomic E-state index is 1.75. The van der Waals surface area contributed by atoms with E-state index in [1.54, 1.807) is 6.08 Å². The van der Waals surface area contributed by atoms with E-state index in [9.17, 15) is 0 Å². The van der Waals surface area contributed by atoms with Crippen LogP contribution in [-0.4, -0.2) is 0 Å². The van der Waals surface area contributed by atoms with Crippen LogP contribution in [0.25, 0.3) is 0 Å². The highest BCUT2D eigenvalue weighted by Gasteiger charge is 1.42. The van der Waals surface area contributed by atoms with Gasteiger partial charge in [0.05, 0.1) is 0 Å². The van der Waals surface area contributed by atoms with Crippen molar-refractivity contribution in [3.05, 3.63) is 24.8 Å². The molecule has 0 bridgehead atoms. The fourth-order valence-electron chi connectivity index (χ4n) is 0.136. The standard InChI is InChI=1S/C5H8/c1-3-5-4-2/h3-5H,1H2,2H3. The quantitative estimate of drug-likeness (QED) is 0.411. The first-order chi connectivity index (χ1) is 2.41. The van der Waals surface area contributed by atoms with Crippen LogP contribution in [0.1, 0.15) is 6.92 Å². The fraction of sp³-hybridized carbons (Fsp3) is 0.200. The summed E-state index contributed by atoms with van der Waals surface area (Å²) in [5.74, 6) is 0. The Morgan fingerprint density at radius 2 is 2.20 bits per heavy atom. The Bertz CT molecular complexity index is 42.0. The van der Waals surface area contributed by atoms with E-state index in [4.69, 9.17) is 0 Å². The zero-order valence-corrected chi connectivity index (χ0v) is 3.44. The Labute approximate surface area is 32.8 Å². The third-order valence-electron chi connectivity index (χ3n) is 0.329. The molecular weight excluding hydrogens is 60.1 g/mol. The monoisotopic (exact) mass is 68.1 g/mol. The lowest BCUT2D eigenvalue weighted by Gasteiger charge is -1.56. The second-order valence-electron chi connectivity index (χ2n) is 0.761. The molecule has 0 nitrogen and oxygen atoms in total. The predicted octanol–water partition coefficient (Wildman–Crippen LogP) is 1.75. The van der Waals surface area contributed by atoms with Gasteiger partial charge in [-0.1, -0.05) is 24.8 Å². The summed E-state index contributed by atoms with van der Waals surface area (Å²) in [6.45, 7) is 5.42. The molecule has 0 spiro atoms. The predicted molar refractivity (Wildman–Crippen MR) is 25.0 cm³/mol. The van der Waals surface area contributed by atoms with Crippen LogP contribution in [0.15, 0.2) is 24.8 Å². The van der Waals surface area contributed by atoms with Crippen molar-refractivity contribution in [2.24, 2.45) is 0 Å². The molecule has 0 heterocycles. The average molecular weight is 68.1 g/mol. The summed E-state index contributed by atoms with van der Waals surface area (Å²) in [6, 6.07) is 0. The Morgan fingerprint density at radius 1 is 1.60 bits per heavy atom. The molecule has 0 aliphatic rings. The SMILES string of the molecule is C=CC=CC. The van der Waals surface area contributed by atoms with E-state index in [1.165, 1.54) is 0 Å². The maximum absolute atomic E-state index is 3.46. The maximum Gasteiger partial charge on any atom is -0.0467 e. The third kappa shape index (κ3) is 3.48. The summed E-state index contributed by atoms with van der Waals surface area (Å²) in [7, 11) is 0. The molecule has 0 aromatic heterocycles. The molecule has 0 amide bonds. The van der Waals surface area contributed by atoms with Gasteiger partial charge in [0.25, 0.3) is 0 Å². The van der Waals surface area contributed by atoms with Crippen LogP contribution in [0.3, 0.4) is 0 Å². The molecule has 0 N–H and O–H groups in total. The van der Waals surface area contributed by atoms with E-state index in [0.717, 1.165) is 0 Å². The number of hydrogen-bond acceptors (Lipinski definition) is 0. The van der Waals surface area contributed by atoms with Crippen LogP contribution in [0.2, 0.25) is 0 Å². The van der Waals surface area contributed by atoms with Crippen molar-refractivity contribution in [1.82, 2.24) is 0 Å². The maximum atomic E-state index is 3.46. The van der Waals surface area contributed by atoms with E-state index < -0.39 is 0 Å². The average Bonchev–Trinajstić information content (AvgIpc) is 1.41. The van der Waals surface area contributed by atoms with Gasteiger partial charge in [0.15, 0.2) is 0 Å². The molecule has 0 aromatic carbocycles. The largest absolute Gasteiger partial charge is 0.0991 e. The first-order valence-electron chi connectivity index (χ1n) is 1.65. The molecule has 0 radical (unpaired) electrons. The van der Waals surface area contributed by atoms with Gasteiger partial charge < -0.3 is 0 Å². The molecule has 0 aliphatic carbocycles. The highest BCUT2D eigenvalue weighted by atomic mass is 13.5. The lowest BCUT2D eigenvalue weighted by atomic mass is 10.5. The summed E-state index contributed by atoms with van der Waals surface area (Å²) in [6.07, 6.45) is 5.58. The van der Waals surface area contributed by atoms with Crippen molar-refractivity contribution in [2.45, 2.75) is 6.92 Å². The van der Waals surface area contributed by atoms with E-state index in [1.807, 2.05) is 19.1 Å². The van der Waals surface area contributed by atoms with Crippen LogP contribution < -0.4 is 0 Å². The lowest BCUT2D eigenvalue weighted by Crippen LogP contribution is -1.33. The van der Waals surface area contributed by atoms with Gasteiger partial charge >= 0.3 is 0 Å². The Morgan fingerprint density at radius 3 is 2.20 bits per heavy atom. The second-order valence-corrected chi connectivity index (χ2v) is 0.761. The van der Waals surface area contributed by atoms with Gasteiger partial charge in [0.1, 0.15) is 0 Å². The van der Waals surface area contributed by atoms with E-state index in [2.05, 4.69) is 6.58 Å². The van der Waals surface area contributed by atoms with Gasteiger partial charge in [0, 0.05) is 0 Å². The van der Waals surface area contributed by atoms with E-state index in [-0.39, 0.29) is 0 Å². The van der Waals surface area contributed by atoms with Crippen LogP contribution in [0, 0.1) is 0 Å². The van der Waals surface area contributed by atoms with Crippen molar-refractivity contribution < 1.29 is 0 Å². The van der Waals surface area contributed by atoms with Crippen molar-refractivity contribution in [3.63, 3.8) is 0 Å². The molecule has 0 rings (SSSR count). The minimum Gasteiger partial charge on any atom is -0.0991 e. The molecule has 0 saturated carbocycles. The summed E-state index contributed by atoms with van der Waals surface area (Å²) in [4.78, 5) is 0. The van der Waals surface area contributed by atoms with Crippen LogP contribution in [0.5, 0.6) is 0 Å². The van der Waals surface area contributed by atoms with Crippen LogP contribution in [-0.2, 0) is 0 Å². The fourth-order valence-corrected chi connectivity index (χ4v) is 0.136. The summed E-state index contributed by atoms with van der Waals surface area (Å²) >= 11 is 0. The minimum absolute atomic E-state index is 1.75. The normalized spacial score (nSPS) is 9.00. The molecule has 0 atom stereocenters. The zero-order valence-electron chi connectivity index (χ0n) is 3.44. The highest BCUT2D eigenvalue weighted by molar-refractivity contribution is 4.94. The van der Waals surface area contributed by atoms with E-state index >= 15 is 0 Å². The summed E-state index contributed by atoms with van der Waals surface area (Å²) in [5.41, 5.74) is 0. The van der Waals surface area contributed by atoms with Crippen LogP contribution >= 0.6 is 0 Å². The van der Waals surface area contributed by atoms with Crippen molar-refractivity contribution in [1.29, 1.82) is 0 Å². The number of allylic oxidation sites excluding steroid dienone is 3. The molecule has 0 aliphatic heterocycles.